The van der Waals surface area contributed by atoms with Gasteiger partial charge < -0.3 is 9.88 Å². The van der Waals surface area contributed by atoms with Crippen LogP contribution >= 0.6 is 11.8 Å². The molecule has 1 amide bonds. The number of benzene rings is 1. The summed E-state index contributed by atoms with van der Waals surface area (Å²) in [6.45, 7) is 4.00. The van der Waals surface area contributed by atoms with Gasteiger partial charge in [-0.05, 0) is 44.4 Å². The van der Waals surface area contributed by atoms with Gasteiger partial charge in [0.15, 0.2) is 5.16 Å². The quantitative estimate of drug-likeness (QED) is 0.563. The first-order valence-corrected chi connectivity index (χ1v) is 11.6. The van der Waals surface area contributed by atoms with Crippen molar-refractivity contribution in [3.63, 3.8) is 0 Å². The van der Waals surface area contributed by atoms with Crippen molar-refractivity contribution in [2.24, 2.45) is 0 Å². The van der Waals surface area contributed by atoms with E-state index in [2.05, 4.69) is 26.2 Å². The normalized spacial score (nSPS) is 14.4. The van der Waals surface area contributed by atoms with Crippen molar-refractivity contribution in [1.29, 1.82) is 5.26 Å². The van der Waals surface area contributed by atoms with Crippen LogP contribution in [-0.4, -0.2) is 31.0 Å². The van der Waals surface area contributed by atoms with Gasteiger partial charge in [-0.15, -0.1) is 10.2 Å². The monoisotopic (exact) mass is 434 g/mol. The van der Waals surface area contributed by atoms with Crippen LogP contribution in [0.3, 0.4) is 0 Å². The molecule has 0 spiro atoms. The Morgan fingerprint density at radius 2 is 1.97 bits per heavy atom. The SMILES string of the molecule is Cc1c(C#N)c(NC(=O)CSc2nncn2-c2ccccc2)n(C2CCCCC2)c1C. The highest BCUT2D eigenvalue weighted by atomic mass is 32.2. The van der Waals surface area contributed by atoms with E-state index < -0.39 is 0 Å². The fourth-order valence-corrected chi connectivity index (χ4v) is 5.00. The molecule has 1 N–H and O–H groups in total. The topological polar surface area (TPSA) is 88.5 Å². The van der Waals surface area contributed by atoms with Crippen molar-refractivity contribution in [2.75, 3.05) is 11.1 Å². The Kier molecular flexibility index (Phi) is 6.42. The molecule has 0 saturated heterocycles. The van der Waals surface area contributed by atoms with Gasteiger partial charge in [0.2, 0.25) is 5.91 Å². The summed E-state index contributed by atoms with van der Waals surface area (Å²) in [4.78, 5) is 12.9. The second-order valence-corrected chi connectivity index (χ2v) is 8.81. The molecule has 0 unspecified atom stereocenters. The van der Waals surface area contributed by atoms with Gasteiger partial charge in [0.25, 0.3) is 0 Å². The number of hydrogen-bond donors (Lipinski definition) is 1. The molecule has 31 heavy (non-hydrogen) atoms. The van der Waals surface area contributed by atoms with Crippen molar-refractivity contribution in [3.05, 3.63) is 53.5 Å². The van der Waals surface area contributed by atoms with E-state index in [1.165, 1.54) is 31.0 Å². The average molecular weight is 435 g/mol. The maximum Gasteiger partial charge on any atom is 0.235 e. The van der Waals surface area contributed by atoms with Crippen molar-refractivity contribution in [1.82, 2.24) is 19.3 Å². The number of thioether (sulfide) groups is 1. The summed E-state index contributed by atoms with van der Waals surface area (Å²) in [6, 6.07) is 12.4. The largest absolute Gasteiger partial charge is 0.327 e. The summed E-state index contributed by atoms with van der Waals surface area (Å²) in [5.74, 6) is 0.669. The van der Waals surface area contributed by atoms with Gasteiger partial charge >= 0.3 is 0 Å². The number of nitrogens with one attached hydrogen (secondary N) is 1. The summed E-state index contributed by atoms with van der Waals surface area (Å²) < 4.78 is 4.04. The number of hydrogen-bond acceptors (Lipinski definition) is 5. The summed E-state index contributed by atoms with van der Waals surface area (Å²) in [5, 5.41) is 21.6. The summed E-state index contributed by atoms with van der Waals surface area (Å²) in [5.41, 5.74) is 3.52. The Morgan fingerprint density at radius 3 is 2.68 bits per heavy atom. The number of carbonyl (C=O) groups excluding carboxylic acids is 1. The number of anilines is 1. The molecule has 160 valence electrons. The smallest absolute Gasteiger partial charge is 0.235 e. The Hall–Kier alpha value is -3.05. The van der Waals surface area contributed by atoms with E-state index in [-0.39, 0.29) is 11.7 Å². The van der Waals surface area contributed by atoms with Crippen LogP contribution in [-0.2, 0) is 4.79 Å². The van der Waals surface area contributed by atoms with E-state index >= 15 is 0 Å². The molecule has 7 nitrogen and oxygen atoms in total. The van der Waals surface area contributed by atoms with Crippen LogP contribution in [0.15, 0.2) is 41.8 Å². The highest BCUT2D eigenvalue weighted by Crippen LogP contribution is 2.36. The van der Waals surface area contributed by atoms with Gasteiger partial charge in [0.05, 0.1) is 11.3 Å². The second kappa shape index (κ2) is 9.40. The number of aromatic nitrogens is 4. The van der Waals surface area contributed by atoms with E-state index in [0.717, 1.165) is 29.8 Å². The van der Waals surface area contributed by atoms with Crippen molar-refractivity contribution < 1.29 is 4.79 Å². The molecule has 2 aromatic heterocycles. The first-order valence-electron chi connectivity index (χ1n) is 10.6. The van der Waals surface area contributed by atoms with Crippen molar-refractivity contribution in [3.8, 4) is 11.8 Å². The Bertz CT molecular complexity index is 1110. The Labute approximate surface area is 186 Å². The molecule has 3 aromatic rings. The van der Waals surface area contributed by atoms with Gasteiger partial charge in [-0.2, -0.15) is 5.26 Å². The van der Waals surface area contributed by atoms with Crippen LogP contribution in [0.1, 0.15) is 55.0 Å². The van der Waals surface area contributed by atoms with Crippen LogP contribution in [0, 0.1) is 25.2 Å². The zero-order valence-corrected chi connectivity index (χ0v) is 18.7. The van der Waals surface area contributed by atoms with Gasteiger partial charge in [-0.3, -0.25) is 9.36 Å². The van der Waals surface area contributed by atoms with Crippen LogP contribution in [0.5, 0.6) is 0 Å². The number of nitrogens with zero attached hydrogens (tertiary/aromatic N) is 5. The maximum atomic E-state index is 12.9. The molecule has 8 heteroatoms. The van der Waals surface area contributed by atoms with E-state index in [0.29, 0.717) is 22.6 Å². The molecule has 0 bridgehead atoms. The lowest BCUT2D eigenvalue weighted by Crippen LogP contribution is -2.22. The van der Waals surface area contributed by atoms with E-state index in [9.17, 15) is 10.1 Å². The van der Waals surface area contributed by atoms with Crippen molar-refractivity contribution >= 4 is 23.5 Å². The van der Waals surface area contributed by atoms with E-state index in [4.69, 9.17) is 0 Å². The molecule has 1 saturated carbocycles. The third kappa shape index (κ3) is 4.37. The molecule has 2 heterocycles. The number of rotatable bonds is 6. The van der Waals surface area contributed by atoms with Crippen LogP contribution < -0.4 is 5.32 Å². The third-order valence-corrected chi connectivity index (χ3v) is 6.89. The molecule has 0 atom stereocenters. The Morgan fingerprint density at radius 1 is 1.23 bits per heavy atom. The van der Waals surface area contributed by atoms with Gasteiger partial charge in [-0.25, -0.2) is 0 Å². The fraction of sp³-hybridized carbons (Fsp3) is 0.391. The average Bonchev–Trinajstić information content (AvgIpc) is 3.36. The standard InChI is InChI=1S/C23H26N6OS/c1-16-17(2)29(19-11-7-4-8-12-19)22(20(16)13-24)26-21(30)14-31-23-27-25-15-28(23)18-9-5-3-6-10-18/h3,5-6,9-10,15,19H,4,7-8,11-12,14H2,1-2H3,(H,26,30). The lowest BCUT2D eigenvalue weighted by molar-refractivity contribution is -0.113. The van der Waals surface area contributed by atoms with Crippen LogP contribution in [0.4, 0.5) is 5.82 Å². The molecule has 4 rings (SSSR count). The molecule has 1 aliphatic carbocycles. The maximum absolute atomic E-state index is 12.9. The van der Waals surface area contributed by atoms with Gasteiger partial charge in [0, 0.05) is 17.4 Å². The predicted octanol–water partition coefficient (Wildman–Crippen LogP) is 4.79. The molecule has 0 radical (unpaired) electrons. The van der Waals surface area contributed by atoms with Gasteiger partial charge in [0.1, 0.15) is 18.2 Å². The summed E-state index contributed by atoms with van der Waals surface area (Å²) in [6.07, 6.45) is 7.42. The molecule has 1 aliphatic rings. The molecular weight excluding hydrogens is 408 g/mol. The molecule has 0 aliphatic heterocycles. The zero-order chi connectivity index (χ0) is 21.8. The minimum atomic E-state index is -0.154. The zero-order valence-electron chi connectivity index (χ0n) is 17.8. The van der Waals surface area contributed by atoms with E-state index in [1.807, 2.05) is 48.7 Å². The first kappa shape index (κ1) is 21.2. The summed E-state index contributed by atoms with van der Waals surface area (Å²) in [7, 11) is 0. The highest BCUT2D eigenvalue weighted by molar-refractivity contribution is 7.99. The minimum absolute atomic E-state index is 0.154. The number of para-hydroxylation sites is 1. The minimum Gasteiger partial charge on any atom is -0.327 e. The van der Waals surface area contributed by atoms with Crippen molar-refractivity contribution in [2.45, 2.75) is 57.1 Å². The molecule has 1 fully saturated rings. The van der Waals surface area contributed by atoms with Gasteiger partial charge in [-0.1, -0.05) is 49.2 Å². The highest BCUT2D eigenvalue weighted by Gasteiger charge is 2.26. The summed E-state index contributed by atoms with van der Waals surface area (Å²) >= 11 is 1.33. The number of amides is 1. The Balaban J connectivity index is 1.52. The third-order valence-electron chi connectivity index (χ3n) is 5.95. The van der Waals surface area contributed by atoms with Crippen LogP contribution in [0.2, 0.25) is 0 Å². The first-order chi connectivity index (χ1) is 15.1. The fourth-order valence-electron chi connectivity index (χ4n) is 4.27. The number of carbonyl (C=O) groups is 1. The lowest BCUT2D eigenvalue weighted by atomic mass is 9.95. The predicted molar refractivity (Wildman–Crippen MR) is 121 cm³/mol. The molecule has 1 aromatic carbocycles. The second-order valence-electron chi connectivity index (χ2n) is 7.86. The van der Waals surface area contributed by atoms with Crippen LogP contribution in [0.25, 0.3) is 5.69 Å². The molecular formula is C23H26N6OS. The van der Waals surface area contributed by atoms with E-state index in [1.54, 1.807) is 6.33 Å². The number of nitriles is 1. The lowest BCUT2D eigenvalue weighted by Gasteiger charge is -2.27.